The van der Waals surface area contributed by atoms with E-state index in [9.17, 15) is 4.79 Å². The normalized spacial score (nSPS) is 12.0. The number of benzene rings is 1. The maximum Gasteiger partial charge on any atom is 0.262 e. The Morgan fingerprint density at radius 2 is 2.12 bits per heavy atom. The maximum absolute atomic E-state index is 11.6. The highest BCUT2D eigenvalue weighted by molar-refractivity contribution is 5.80. The smallest absolute Gasteiger partial charge is 0.262 e. The van der Waals surface area contributed by atoms with Gasteiger partial charge >= 0.3 is 0 Å². The molecule has 1 atom stereocenters. The Labute approximate surface area is 97.0 Å². The van der Waals surface area contributed by atoms with Crippen molar-refractivity contribution in [3.8, 4) is 5.75 Å². The van der Waals surface area contributed by atoms with Crippen LogP contribution in [0.15, 0.2) is 24.3 Å². The third-order valence-corrected chi connectivity index (χ3v) is 2.41. The summed E-state index contributed by atoms with van der Waals surface area (Å²) < 4.78 is 5.59. The van der Waals surface area contributed by atoms with Gasteiger partial charge in [-0.15, -0.1) is 0 Å². The first-order chi connectivity index (χ1) is 7.54. The molecule has 1 aromatic rings. The van der Waals surface area contributed by atoms with Crippen LogP contribution < -0.4 is 4.74 Å². The van der Waals surface area contributed by atoms with Gasteiger partial charge in [-0.2, -0.15) is 0 Å². The van der Waals surface area contributed by atoms with E-state index in [-0.39, 0.29) is 5.91 Å². The predicted octanol–water partition coefficient (Wildman–Crippen LogP) is 2.10. The lowest BCUT2D eigenvalue weighted by Gasteiger charge is -2.18. The third kappa shape index (κ3) is 3.26. The van der Waals surface area contributed by atoms with Crippen LogP contribution in [0.1, 0.15) is 19.4 Å². The Balaban J connectivity index is 2.69. The van der Waals surface area contributed by atoms with Gasteiger partial charge in [-0.05, 0) is 31.0 Å². The zero-order valence-electron chi connectivity index (χ0n) is 10.4. The van der Waals surface area contributed by atoms with E-state index in [0.717, 1.165) is 12.2 Å². The number of carbonyl (C=O) groups excluding carboxylic acids is 1. The standard InChI is InChI=1S/C13H19NO2/c1-5-11-7-6-8-12(9-11)16-10(2)13(15)14(3)4/h6-10H,5H2,1-4H3. The maximum atomic E-state index is 11.6. The third-order valence-electron chi connectivity index (χ3n) is 2.41. The summed E-state index contributed by atoms with van der Waals surface area (Å²) in [6, 6.07) is 7.84. The predicted molar refractivity (Wildman–Crippen MR) is 64.6 cm³/mol. The van der Waals surface area contributed by atoms with Gasteiger partial charge in [0.1, 0.15) is 5.75 Å². The largest absolute Gasteiger partial charge is 0.481 e. The minimum Gasteiger partial charge on any atom is -0.481 e. The van der Waals surface area contributed by atoms with Crippen LogP contribution in [-0.2, 0) is 11.2 Å². The Bertz CT molecular complexity index is 361. The molecule has 3 heteroatoms. The van der Waals surface area contributed by atoms with E-state index in [1.165, 1.54) is 10.5 Å². The first-order valence-electron chi connectivity index (χ1n) is 5.51. The molecule has 0 bridgehead atoms. The molecule has 3 nitrogen and oxygen atoms in total. The zero-order valence-corrected chi connectivity index (χ0v) is 10.4. The van der Waals surface area contributed by atoms with Crippen LogP contribution in [0, 0.1) is 0 Å². The number of aryl methyl sites for hydroxylation is 1. The number of ether oxygens (including phenoxy) is 1. The highest BCUT2D eigenvalue weighted by atomic mass is 16.5. The molecule has 16 heavy (non-hydrogen) atoms. The van der Waals surface area contributed by atoms with Crippen molar-refractivity contribution >= 4 is 5.91 Å². The summed E-state index contributed by atoms with van der Waals surface area (Å²) in [4.78, 5) is 13.1. The van der Waals surface area contributed by atoms with Gasteiger partial charge in [0.25, 0.3) is 5.91 Å². The molecule has 0 aliphatic rings. The molecule has 0 saturated carbocycles. The lowest BCUT2D eigenvalue weighted by molar-refractivity contribution is -0.135. The Morgan fingerprint density at radius 1 is 1.44 bits per heavy atom. The minimum absolute atomic E-state index is 0.0260. The molecule has 1 amide bonds. The van der Waals surface area contributed by atoms with E-state index >= 15 is 0 Å². The van der Waals surface area contributed by atoms with Crippen molar-refractivity contribution in [2.24, 2.45) is 0 Å². The second-order valence-corrected chi connectivity index (χ2v) is 3.99. The zero-order chi connectivity index (χ0) is 12.1. The average Bonchev–Trinajstić information content (AvgIpc) is 2.28. The van der Waals surface area contributed by atoms with E-state index in [0.29, 0.717) is 0 Å². The molecule has 0 aliphatic heterocycles. The van der Waals surface area contributed by atoms with Crippen LogP contribution >= 0.6 is 0 Å². The second kappa shape index (κ2) is 5.54. The van der Waals surface area contributed by atoms with Gasteiger partial charge in [0.2, 0.25) is 0 Å². The number of nitrogens with zero attached hydrogens (tertiary/aromatic N) is 1. The summed E-state index contributed by atoms with van der Waals surface area (Å²) in [6.45, 7) is 3.86. The molecule has 0 fully saturated rings. The van der Waals surface area contributed by atoms with Gasteiger partial charge in [-0.1, -0.05) is 19.1 Å². The molecule has 1 aromatic carbocycles. The van der Waals surface area contributed by atoms with Gasteiger partial charge in [0, 0.05) is 14.1 Å². The van der Waals surface area contributed by atoms with Gasteiger partial charge in [0.15, 0.2) is 6.10 Å². The molecule has 1 rings (SSSR count). The van der Waals surface area contributed by atoms with Crippen LogP contribution in [-0.4, -0.2) is 31.0 Å². The van der Waals surface area contributed by atoms with Crippen molar-refractivity contribution in [3.05, 3.63) is 29.8 Å². The summed E-state index contributed by atoms with van der Waals surface area (Å²) in [5.41, 5.74) is 1.21. The van der Waals surface area contributed by atoms with Crippen LogP contribution in [0.5, 0.6) is 5.75 Å². The van der Waals surface area contributed by atoms with Gasteiger partial charge in [-0.3, -0.25) is 4.79 Å². The monoisotopic (exact) mass is 221 g/mol. The Hall–Kier alpha value is -1.51. The number of carbonyl (C=O) groups is 1. The molecule has 0 N–H and O–H groups in total. The second-order valence-electron chi connectivity index (χ2n) is 3.99. The van der Waals surface area contributed by atoms with E-state index in [1.54, 1.807) is 21.0 Å². The van der Waals surface area contributed by atoms with E-state index in [4.69, 9.17) is 4.74 Å². The molecular formula is C13H19NO2. The Kier molecular flexibility index (Phi) is 4.35. The van der Waals surface area contributed by atoms with Crippen LogP contribution in [0.3, 0.4) is 0 Å². The SMILES string of the molecule is CCc1cccc(OC(C)C(=O)N(C)C)c1. The highest BCUT2D eigenvalue weighted by Gasteiger charge is 2.16. The van der Waals surface area contributed by atoms with Crippen LogP contribution in [0.4, 0.5) is 0 Å². The van der Waals surface area contributed by atoms with E-state index in [1.807, 2.05) is 24.3 Å². The van der Waals surface area contributed by atoms with Crippen molar-refractivity contribution in [1.29, 1.82) is 0 Å². The number of likely N-dealkylation sites (N-methyl/N-ethyl adjacent to an activating group) is 1. The van der Waals surface area contributed by atoms with Crippen molar-refractivity contribution in [2.75, 3.05) is 14.1 Å². The minimum atomic E-state index is -0.442. The lowest BCUT2D eigenvalue weighted by atomic mass is 10.2. The van der Waals surface area contributed by atoms with Gasteiger partial charge in [-0.25, -0.2) is 0 Å². The molecule has 88 valence electrons. The van der Waals surface area contributed by atoms with Crippen molar-refractivity contribution in [3.63, 3.8) is 0 Å². The van der Waals surface area contributed by atoms with Crippen LogP contribution in [0.25, 0.3) is 0 Å². The fraction of sp³-hybridized carbons (Fsp3) is 0.462. The number of hydrogen-bond donors (Lipinski definition) is 0. The quantitative estimate of drug-likeness (QED) is 0.779. The molecule has 0 heterocycles. The van der Waals surface area contributed by atoms with Crippen molar-refractivity contribution < 1.29 is 9.53 Å². The fourth-order valence-corrected chi connectivity index (χ4v) is 1.46. The molecular weight excluding hydrogens is 202 g/mol. The highest BCUT2D eigenvalue weighted by Crippen LogP contribution is 2.15. The van der Waals surface area contributed by atoms with Crippen LogP contribution in [0.2, 0.25) is 0 Å². The topological polar surface area (TPSA) is 29.5 Å². The summed E-state index contributed by atoms with van der Waals surface area (Å²) in [5, 5.41) is 0. The number of rotatable bonds is 4. The van der Waals surface area contributed by atoms with E-state index in [2.05, 4.69) is 6.92 Å². The van der Waals surface area contributed by atoms with Gasteiger partial charge < -0.3 is 9.64 Å². The Morgan fingerprint density at radius 3 is 2.69 bits per heavy atom. The summed E-state index contributed by atoms with van der Waals surface area (Å²) in [7, 11) is 3.45. The summed E-state index contributed by atoms with van der Waals surface area (Å²) in [6.07, 6.45) is 0.523. The molecule has 0 aliphatic carbocycles. The first-order valence-corrected chi connectivity index (χ1v) is 5.51. The molecule has 1 unspecified atom stereocenters. The molecule has 0 saturated heterocycles. The van der Waals surface area contributed by atoms with E-state index < -0.39 is 6.10 Å². The number of hydrogen-bond acceptors (Lipinski definition) is 2. The first kappa shape index (κ1) is 12.6. The molecule has 0 spiro atoms. The van der Waals surface area contributed by atoms with Gasteiger partial charge in [0.05, 0.1) is 0 Å². The molecule has 0 aromatic heterocycles. The number of amides is 1. The molecule has 0 radical (unpaired) electrons. The summed E-state index contributed by atoms with van der Waals surface area (Å²) >= 11 is 0. The van der Waals surface area contributed by atoms with Crippen molar-refractivity contribution in [1.82, 2.24) is 4.90 Å². The fourth-order valence-electron chi connectivity index (χ4n) is 1.46. The lowest BCUT2D eigenvalue weighted by Crippen LogP contribution is -2.35. The summed E-state index contributed by atoms with van der Waals surface area (Å²) in [5.74, 6) is 0.726. The van der Waals surface area contributed by atoms with Crippen molar-refractivity contribution in [2.45, 2.75) is 26.4 Å². The average molecular weight is 221 g/mol.